The summed E-state index contributed by atoms with van der Waals surface area (Å²) in [6, 6.07) is 8.50. The van der Waals surface area contributed by atoms with E-state index in [1.807, 2.05) is 42.4 Å². The summed E-state index contributed by atoms with van der Waals surface area (Å²) in [4.78, 5) is 29.5. The lowest BCUT2D eigenvalue weighted by molar-refractivity contribution is 0.0763. The Morgan fingerprint density at radius 1 is 1.00 bits per heavy atom. The van der Waals surface area contributed by atoms with E-state index in [0.29, 0.717) is 13.1 Å². The lowest BCUT2D eigenvalue weighted by atomic mass is 9.91. The summed E-state index contributed by atoms with van der Waals surface area (Å²) in [5.41, 5.74) is 4.03. The van der Waals surface area contributed by atoms with Crippen molar-refractivity contribution in [2.24, 2.45) is 0 Å². The summed E-state index contributed by atoms with van der Waals surface area (Å²) in [7, 11) is 1.88. The molecule has 2 aromatic rings. The van der Waals surface area contributed by atoms with Crippen LogP contribution < -0.4 is 10.2 Å². The number of piperazine rings is 1. The van der Waals surface area contributed by atoms with Gasteiger partial charge >= 0.3 is 0 Å². The van der Waals surface area contributed by atoms with Crippen LogP contribution in [0.1, 0.15) is 40.9 Å². The molecule has 1 saturated heterocycles. The minimum absolute atomic E-state index is 0.0933. The third kappa shape index (κ3) is 4.24. The van der Waals surface area contributed by atoms with Crippen LogP contribution in [0, 0.1) is 0 Å². The highest BCUT2D eigenvalue weighted by molar-refractivity contribution is 5.94. The predicted octanol–water partition coefficient (Wildman–Crippen LogP) is 2.43. The van der Waals surface area contributed by atoms with E-state index in [2.05, 4.69) is 15.1 Å². The average Bonchev–Trinajstić information content (AvgIpc) is 3.00. The van der Waals surface area contributed by atoms with Crippen molar-refractivity contribution in [3.8, 4) is 0 Å². The highest BCUT2D eigenvalue weighted by atomic mass is 16.2. The molecule has 0 unspecified atom stereocenters. The number of hydrogen-bond donors (Lipinski definition) is 1. The number of nitrogens with zero attached hydrogens (tertiary/aromatic N) is 5. The molecule has 0 spiro atoms. The van der Waals surface area contributed by atoms with E-state index in [1.165, 1.54) is 24.8 Å². The maximum absolute atomic E-state index is 13.0. The number of carbonyl (C=O) groups excluding carboxylic acids is 1. The zero-order valence-electron chi connectivity index (χ0n) is 18.4. The number of carbonyl (C=O) groups is 1. The Bertz CT molecular complexity index is 918. The number of aromatic nitrogens is 2. The van der Waals surface area contributed by atoms with Crippen LogP contribution in [0.25, 0.3) is 0 Å². The first kappa shape index (κ1) is 20.2. The Labute approximate surface area is 184 Å². The second-order valence-corrected chi connectivity index (χ2v) is 8.87. The van der Waals surface area contributed by atoms with Gasteiger partial charge in [0.25, 0.3) is 5.91 Å². The molecule has 2 fully saturated rings. The number of benzene rings is 1. The first-order valence-corrected chi connectivity index (χ1v) is 11.6. The standard InChI is InChI=1S/C24H32N6O/c1-25-20-7-5-18(6-8-20)23(31)29-11-9-19-17-26-24(27-22(19)10-12-29)30-15-13-28(14-16-30)21-3-2-4-21/h5-8,17,21,25H,2-4,9-16H2,1H3. The molecule has 2 aliphatic heterocycles. The number of amides is 1. The summed E-state index contributed by atoms with van der Waals surface area (Å²) < 4.78 is 0. The van der Waals surface area contributed by atoms with Gasteiger partial charge in [0, 0.05) is 76.2 Å². The van der Waals surface area contributed by atoms with E-state index >= 15 is 0 Å². The van der Waals surface area contributed by atoms with E-state index in [9.17, 15) is 4.79 Å². The number of anilines is 2. The smallest absolute Gasteiger partial charge is 0.253 e. The fraction of sp³-hybridized carbons (Fsp3) is 0.542. The number of rotatable bonds is 4. The highest BCUT2D eigenvalue weighted by Gasteiger charge is 2.29. The zero-order valence-corrected chi connectivity index (χ0v) is 18.4. The van der Waals surface area contributed by atoms with Crippen LogP contribution in [0.4, 0.5) is 11.6 Å². The van der Waals surface area contributed by atoms with Crippen molar-refractivity contribution in [1.82, 2.24) is 19.8 Å². The van der Waals surface area contributed by atoms with Crippen molar-refractivity contribution >= 4 is 17.5 Å². The molecular weight excluding hydrogens is 388 g/mol. The highest BCUT2D eigenvalue weighted by Crippen LogP contribution is 2.26. The van der Waals surface area contributed by atoms with Gasteiger partial charge in [-0.1, -0.05) is 6.42 Å². The van der Waals surface area contributed by atoms with E-state index in [0.717, 1.165) is 68.0 Å². The maximum atomic E-state index is 13.0. The molecule has 3 aliphatic rings. The van der Waals surface area contributed by atoms with Gasteiger partial charge in [-0.25, -0.2) is 9.97 Å². The number of hydrogen-bond acceptors (Lipinski definition) is 6. The SMILES string of the molecule is CNc1ccc(C(=O)N2CCc3cnc(N4CCN(C5CCC5)CC4)nc3CC2)cc1. The van der Waals surface area contributed by atoms with Crippen LogP contribution in [-0.4, -0.2) is 78.0 Å². The molecule has 0 bridgehead atoms. The molecule has 164 valence electrons. The Hall–Kier alpha value is -2.67. The summed E-state index contributed by atoms with van der Waals surface area (Å²) in [6.07, 6.45) is 7.71. The van der Waals surface area contributed by atoms with E-state index in [4.69, 9.17) is 9.97 Å². The minimum atomic E-state index is 0.0933. The molecule has 1 amide bonds. The molecular formula is C24H32N6O. The molecule has 0 atom stereocenters. The van der Waals surface area contributed by atoms with Crippen LogP contribution in [0.2, 0.25) is 0 Å². The second kappa shape index (κ2) is 8.83. The molecule has 1 aromatic carbocycles. The normalized spacial score (nSPS) is 20.0. The van der Waals surface area contributed by atoms with Crippen molar-refractivity contribution in [2.75, 3.05) is 56.5 Å². The number of fused-ring (bicyclic) bond motifs is 1. The maximum Gasteiger partial charge on any atom is 0.253 e. The van der Waals surface area contributed by atoms with Crippen LogP contribution in [-0.2, 0) is 12.8 Å². The van der Waals surface area contributed by atoms with Gasteiger partial charge in [-0.3, -0.25) is 9.69 Å². The summed E-state index contributed by atoms with van der Waals surface area (Å²) in [6.45, 7) is 5.64. The van der Waals surface area contributed by atoms with Gasteiger partial charge in [0.05, 0.1) is 5.69 Å². The van der Waals surface area contributed by atoms with Gasteiger partial charge in [0.1, 0.15) is 0 Å². The molecule has 1 aromatic heterocycles. The van der Waals surface area contributed by atoms with Crippen molar-refractivity contribution in [1.29, 1.82) is 0 Å². The molecule has 7 nitrogen and oxygen atoms in total. The van der Waals surface area contributed by atoms with Crippen LogP contribution in [0.3, 0.4) is 0 Å². The van der Waals surface area contributed by atoms with Gasteiger partial charge in [-0.15, -0.1) is 0 Å². The van der Waals surface area contributed by atoms with E-state index in [-0.39, 0.29) is 5.91 Å². The quantitative estimate of drug-likeness (QED) is 0.820. The third-order valence-corrected chi connectivity index (χ3v) is 7.11. The molecule has 1 N–H and O–H groups in total. The van der Waals surface area contributed by atoms with Crippen molar-refractivity contribution in [3.05, 3.63) is 47.3 Å². The van der Waals surface area contributed by atoms with Gasteiger partial charge in [-0.05, 0) is 49.1 Å². The van der Waals surface area contributed by atoms with Crippen LogP contribution in [0.5, 0.6) is 0 Å². The fourth-order valence-electron chi connectivity index (χ4n) is 4.82. The largest absolute Gasteiger partial charge is 0.388 e. The molecule has 31 heavy (non-hydrogen) atoms. The van der Waals surface area contributed by atoms with Gasteiger partial charge in [-0.2, -0.15) is 0 Å². The number of nitrogens with one attached hydrogen (secondary N) is 1. The lowest BCUT2D eigenvalue weighted by Gasteiger charge is -2.43. The monoisotopic (exact) mass is 420 g/mol. The predicted molar refractivity (Wildman–Crippen MR) is 123 cm³/mol. The van der Waals surface area contributed by atoms with Gasteiger partial charge in [0.15, 0.2) is 0 Å². The Kier molecular flexibility index (Phi) is 5.76. The van der Waals surface area contributed by atoms with Crippen LogP contribution in [0.15, 0.2) is 30.5 Å². The third-order valence-electron chi connectivity index (χ3n) is 7.11. The summed E-state index contributed by atoms with van der Waals surface area (Å²) in [5, 5.41) is 3.09. The molecule has 7 heteroatoms. The van der Waals surface area contributed by atoms with E-state index in [1.54, 1.807) is 0 Å². The van der Waals surface area contributed by atoms with E-state index < -0.39 is 0 Å². The molecule has 1 aliphatic carbocycles. The zero-order chi connectivity index (χ0) is 21.2. The second-order valence-electron chi connectivity index (χ2n) is 8.87. The Balaban J connectivity index is 1.22. The first-order chi connectivity index (χ1) is 15.2. The molecule has 0 radical (unpaired) electrons. The van der Waals surface area contributed by atoms with Crippen molar-refractivity contribution in [2.45, 2.75) is 38.1 Å². The lowest BCUT2D eigenvalue weighted by Crippen LogP contribution is -2.52. The summed E-state index contributed by atoms with van der Waals surface area (Å²) in [5.74, 6) is 0.949. The minimum Gasteiger partial charge on any atom is -0.388 e. The Morgan fingerprint density at radius 2 is 1.74 bits per heavy atom. The average molecular weight is 421 g/mol. The van der Waals surface area contributed by atoms with Gasteiger partial charge < -0.3 is 15.1 Å². The van der Waals surface area contributed by atoms with Crippen molar-refractivity contribution in [3.63, 3.8) is 0 Å². The summed E-state index contributed by atoms with van der Waals surface area (Å²) >= 11 is 0. The van der Waals surface area contributed by atoms with Crippen LogP contribution >= 0.6 is 0 Å². The van der Waals surface area contributed by atoms with Crippen molar-refractivity contribution < 1.29 is 4.79 Å². The van der Waals surface area contributed by atoms with Gasteiger partial charge in [0.2, 0.25) is 5.95 Å². The molecule has 5 rings (SSSR count). The molecule has 1 saturated carbocycles. The fourth-order valence-corrected chi connectivity index (χ4v) is 4.82. The first-order valence-electron chi connectivity index (χ1n) is 11.6. The molecule has 3 heterocycles. The topological polar surface area (TPSA) is 64.6 Å². The Morgan fingerprint density at radius 3 is 2.42 bits per heavy atom.